The predicted octanol–water partition coefficient (Wildman–Crippen LogP) is 1.16. The number of carbonyl (C=O) groups excluding carboxylic acids is 2. The average molecular weight is 557 g/mol. The number of fused-ring (bicyclic) bond motifs is 3. The number of aliphatic hydroxyl groups excluding tert-OH is 3. The summed E-state index contributed by atoms with van der Waals surface area (Å²) in [6, 6.07) is 8.05. The number of rotatable bonds is 9. The molecule has 2 aromatic carbocycles. The van der Waals surface area contributed by atoms with Gasteiger partial charge in [0, 0.05) is 30.8 Å². The molecule has 1 saturated heterocycles. The summed E-state index contributed by atoms with van der Waals surface area (Å²) >= 11 is 0. The minimum absolute atomic E-state index is 0.00261. The van der Waals surface area contributed by atoms with Gasteiger partial charge in [-0.2, -0.15) is 0 Å². The molecule has 2 aliphatic heterocycles. The van der Waals surface area contributed by atoms with Crippen molar-refractivity contribution in [2.45, 2.75) is 56.3 Å². The van der Waals surface area contributed by atoms with Crippen LogP contribution >= 0.6 is 0 Å². The summed E-state index contributed by atoms with van der Waals surface area (Å²) in [6.07, 6.45) is -0.139. The van der Waals surface area contributed by atoms with Crippen molar-refractivity contribution in [2.75, 3.05) is 26.9 Å². The number of aliphatic hydroxyl groups is 3. The van der Waals surface area contributed by atoms with Gasteiger partial charge in [-0.1, -0.05) is 12.1 Å². The first-order valence-electron chi connectivity index (χ1n) is 13.3. The summed E-state index contributed by atoms with van der Waals surface area (Å²) in [5.41, 5.74) is 1.98. The van der Waals surface area contributed by atoms with Crippen LogP contribution in [0.2, 0.25) is 0 Å². The lowest BCUT2D eigenvalue weighted by Gasteiger charge is -2.41. The van der Waals surface area contributed by atoms with Gasteiger partial charge in [0.2, 0.25) is 5.91 Å². The SMILES string of the molecule is COc1cc(CO)cc2c1O[C@@H]1[C@@H](O)[C@H](N(Cc3ccc(F)cc3)C(=O)C3CCCO3)C=C(C(=O)NCCO)[C@H]21. The Labute approximate surface area is 231 Å². The molecule has 1 unspecified atom stereocenters. The van der Waals surface area contributed by atoms with Crippen LogP contribution in [0.15, 0.2) is 48.0 Å². The van der Waals surface area contributed by atoms with Crippen molar-refractivity contribution < 1.29 is 43.5 Å². The third-order valence-corrected chi connectivity index (χ3v) is 7.61. The van der Waals surface area contributed by atoms with E-state index in [1.807, 2.05) is 0 Å². The predicted molar refractivity (Wildman–Crippen MR) is 140 cm³/mol. The highest BCUT2D eigenvalue weighted by molar-refractivity contribution is 5.96. The lowest BCUT2D eigenvalue weighted by atomic mass is 9.77. The summed E-state index contributed by atoms with van der Waals surface area (Å²) in [6.45, 7) is -0.0747. The van der Waals surface area contributed by atoms with E-state index < -0.39 is 42.0 Å². The molecular weight excluding hydrogens is 523 g/mol. The summed E-state index contributed by atoms with van der Waals surface area (Å²) in [4.78, 5) is 28.7. The second-order valence-corrected chi connectivity index (χ2v) is 10.1. The molecule has 0 saturated carbocycles. The number of methoxy groups -OCH3 is 1. The van der Waals surface area contributed by atoms with E-state index in [1.54, 1.807) is 30.3 Å². The molecule has 2 amide bonds. The normalized spacial score (nSPS) is 24.9. The number of halogens is 1. The van der Waals surface area contributed by atoms with Crippen molar-refractivity contribution in [3.63, 3.8) is 0 Å². The van der Waals surface area contributed by atoms with Gasteiger partial charge in [-0.3, -0.25) is 9.59 Å². The molecule has 3 aliphatic rings. The summed E-state index contributed by atoms with van der Waals surface area (Å²) < 4.78 is 31.0. The standard InChI is InChI=1S/C29H33FN2O8/c1-38-23-12-17(15-34)11-19-24-20(28(36)31-8-9-33)13-21(25(35)27(24)40-26(19)23)32(29(37)22-3-2-10-39-22)14-16-4-6-18(30)7-5-16/h4-7,11-13,21-22,24-25,27,33-35H,2-3,8-10,14-15H2,1H3,(H,31,36)/t21-,22?,24+,25+,27+/m1/s1. The van der Waals surface area contributed by atoms with Crippen molar-refractivity contribution in [3.8, 4) is 11.5 Å². The van der Waals surface area contributed by atoms with E-state index in [-0.39, 0.29) is 37.8 Å². The Hall–Kier alpha value is -3.51. The fourth-order valence-corrected chi connectivity index (χ4v) is 5.69. The lowest BCUT2D eigenvalue weighted by molar-refractivity contribution is -0.147. The van der Waals surface area contributed by atoms with Gasteiger partial charge in [-0.05, 0) is 54.3 Å². The van der Waals surface area contributed by atoms with E-state index in [9.17, 15) is 29.3 Å². The zero-order valence-electron chi connectivity index (χ0n) is 22.1. The van der Waals surface area contributed by atoms with Gasteiger partial charge in [0.05, 0.1) is 32.3 Å². The zero-order valence-corrected chi connectivity index (χ0v) is 22.1. The van der Waals surface area contributed by atoms with Crippen LogP contribution in [0.3, 0.4) is 0 Å². The molecule has 4 N–H and O–H groups in total. The molecule has 11 heteroatoms. The van der Waals surface area contributed by atoms with Crippen LogP contribution in [0.1, 0.15) is 35.4 Å². The smallest absolute Gasteiger partial charge is 0.252 e. The van der Waals surface area contributed by atoms with Crippen LogP contribution in [0.4, 0.5) is 4.39 Å². The van der Waals surface area contributed by atoms with Crippen LogP contribution < -0.4 is 14.8 Å². The number of nitrogens with zero attached hydrogens (tertiary/aromatic N) is 1. The van der Waals surface area contributed by atoms with Crippen LogP contribution in [0.5, 0.6) is 11.5 Å². The Morgan fingerprint density at radius 1 is 1.18 bits per heavy atom. The van der Waals surface area contributed by atoms with E-state index in [2.05, 4.69) is 5.32 Å². The minimum Gasteiger partial charge on any atom is -0.493 e. The Balaban J connectivity index is 1.59. The van der Waals surface area contributed by atoms with E-state index in [0.717, 1.165) is 6.42 Å². The monoisotopic (exact) mass is 556 g/mol. The molecule has 40 heavy (non-hydrogen) atoms. The fourth-order valence-electron chi connectivity index (χ4n) is 5.69. The molecule has 1 aliphatic carbocycles. The first-order chi connectivity index (χ1) is 19.4. The van der Waals surface area contributed by atoms with E-state index in [1.165, 1.54) is 24.1 Å². The number of ether oxygens (including phenoxy) is 3. The van der Waals surface area contributed by atoms with Crippen LogP contribution in [-0.4, -0.2) is 83.3 Å². The molecule has 10 nitrogen and oxygen atoms in total. The molecular formula is C29H33FN2O8. The number of benzene rings is 2. The highest BCUT2D eigenvalue weighted by atomic mass is 19.1. The first kappa shape index (κ1) is 28.0. The maximum atomic E-state index is 13.8. The van der Waals surface area contributed by atoms with Gasteiger partial charge in [-0.25, -0.2) is 4.39 Å². The molecule has 1 fully saturated rings. The van der Waals surface area contributed by atoms with Crippen LogP contribution in [-0.2, 0) is 27.5 Å². The van der Waals surface area contributed by atoms with Gasteiger partial charge in [0.15, 0.2) is 11.5 Å². The lowest BCUT2D eigenvalue weighted by Crippen LogP contribution is -2.57. The van der Waals surface area contributed by atoms with Gasteiger partial charge in [0.1, 0.15) is 24.1 Å². The van der Waals surface area contributed by atoms with Crippen LogP contribution in [0, 0.1) is 5.82 Å². The molecule has 0 radical (unpaired) electrons. The summed E-state index contributed by atoms with van der Waals surface area (Å²) in [5.74, 6) is -1.31. The van der Waals surface area contributed by atoms with Gasteiger partial charge >= 0.3 is 0 Å². The van der Waals surface area contributed by atoms with Gasteiger partial charge in [0.25, 0.3) is 5.91 Å². The number of nitrogens with one attached hydrogen (secondary N) is 1. The van der Waals surface area contributed by atoms with Gasteiger partial charge < -0.3 is 39.7 Å². The van der Waals surface area contributed by atoms with Crippen molar-refractivity contribution >= 4 is 11.8 Å². The van der Waals surface area contributed by atoms with Crippen molar-refractivity contribution in [1.29, 1.82) is 0 Å². The maximum absolute atomic E-state index is 13.8. The molecule has 0 aromatic heterocycles. The molecule has 0 bridgehead atoms. The Morgan fingerprint density at radius 3 is 2.60 bits per heavy atom. The first-order valence-corrected chi connectivity index (χ1v) is 13.3. The highest BCUT2D eigenvalue weighted by Gasteiger charge is 2.52. The highest BCUT2D eigenvalue weighted by Crippen LogP contribution is 2.51. The number of hydrogen-bond donors (Lipinski definition) is 4. The largest absolute Gasteiger partial charge is 0.493 e. The minimum atomic E-state index is -1.26. The number of amides is 2. The summed E-state index contributed by atoms with van der Waals surface area (Å²) in [7, 11) is 1.46. The van der Waals surface area contributed by atoms with Gasteiger partial charge in [-0.15, -0.1) is 0 Å². The molecule has 2 aromatic rings. The molecule has 5 atom stereocenters. The van der Waals surface area contributed by atoms with E-state index in [0.29, 0.717) is 41.2 Å². The van der Waals surface area contributed by atoms with Crippen molar-refractivity contribution in [1.82, 2.24) is 10.2 Å². The Bertz CT molecular complexity index is 1280. The number of hydrogen-bond acceptors (Lipinski definition) is 8. The van der Waals surface area contributed by atoms with E-state index in [4.69, 9.17) is 14.2 Å². The fraction of sp³-hybridized carbons (Fsp3) is 0.448. The van der Waals surface area contributed by atoms with E-state index >= 15 is 0 Å². The van der Waals surface area contributed by atoms with Crippen molar-refractivity contribution in [3.05, 3.63) is 70.6 Å². The Kier molecular flexibility index (Phi) is 8.36. The molecule has 5 rings (SSSR count). The third kappa shape index (κ3) is 5.29. The molecule has 214 valence electrons. The molecule has 0 spiro atoms. The third-order valence-electron chi connectivity index (χ3n) is 7.61. The topological polar surface area (TPSA) is 138 Å². The number of carbonyl (C=O) groups is 2. The second kappa shape index (κ2) is 11.9. The summed E-state index contributed by atoms with van der Waals surface area (Å²) in [5, 5.41) is 33.5. The quantitative estimate of drug-likeness (QED) is 0.361. The van der Waals surface area contributed by atoms with Crippen LogP contribution in [0.25, 0.3) is 0 Å². The van der Waals surface area contributed by atoms with Crippen molar-refractivity contribution in [2.24, 2.45) is 0 Å². The second-order valence-electron chi connectivity index (χ2n) is 10.1. The maximum Gasteiger partial charge on any atom is 0.252 e. The molecule has 2 heterocycles. The zero-order chi connectivity index (χ0) is 28.4. The average Bonchev–Trinajstić information content (AvgIpc) is 3.64. The Morgan fingerprint density at radius 2 is 1.95 bits per heavy atom.